The van der Waals surface area contributed by atoms with E-state index in [-0.39, 0.29) is 17.9 Å². The first kappa shape index (κ1) is 19.5. The molecule has 7 N–H and O–H groups in total. The summed E-state index contributed by atoms with van der Waals surface area (Å²) in [6.07, 6.45) is 1.000. The van der Waals surface area contributed by atoms with E-state index in [1.54, 1.807) is 4.90 Å². The molecule has 1 saturated carbocycles. The summed E-state index contributed by atoms with van der Waals surface area (Å²) >= 11 is 0. The predicted molar refractivity (Wildman–Crippen MR) is 91.0 cm³/mol. The van der Waals surface area contributed by atoms with Gasteiger partial charge in [0.2, 0.25) is 5.91 Å². The van der Waals surface area contributed by atoms with E-state index in [4.69, 9.17) is 16.2 Å². The van der Waals surface area contributed by atoms with Crippen LogP contribution in [0.5, 0.6) is 0 Å². The fourth-order valence-corrected chi connectivity index (χ4v) is 3.34. The van der Waals surface area contributed by atoms with Gasteiger partial charge in [-0.25, -0.2) is 0 Å². The summed E-state index contributed by atoms with van der Waals surface area (Å²) in [5.74, 6) is -0.732. The summed E-state index contributed by atoms with van der Waals surface area (Å²) in [7, 11) is 0. The molecule has 2 rings (SSSR count). The molecule has 0 aromatic carbocycles. The van der Waals surface area contributed by atoms with Crippen molar-refractivity contribution in [2.75, 3.05) is 13.2 Å². The van der Waals surface area contributed by atoms with Gasteiger partial charge < -0.3 is 36.4 Å². The fourth-order valence-electron chi connectivity index (χ4n) is 3.34. The van der Waals surface area contributed by atoms with Crippen LogP contribution >= 0.6 is 0 Å². The molecule has 1 fully saturated rings. The lowest BCUT2D eigenvalue weighted by atomic mass is 10.0. The molecule has 4 unspecified atom stereocenters. The molecule has 0 aromatic heterocycles. The number of amides is 1. The van der Waals surface area contributed by atoms with Crippen LogP contribution in [0.25, 0.3) is 0 Å². The Bertz CT molecular complexity index is 561. The molecular formula is C16H28N4O5. The molecule has 25 heavy (non-hydrogen) atoms. The lowest BCUT2D eigenvalue weighted by Crippen LogP contribution is -2.44. The van der Waals surface area contributed by atoms with Gasteiger partial charge in [0.15, 0.2) is 12.1 Å². The van der Waals surface area contributed by atoms with Crippen LogP contribution in [0, 0.1) is 5.92 Å². The van der Waals surface area contributed by atoms with Crippen molar-refractivity contribution in [3.8, 4) is 0 Å². The highest BCUT2D eigenvalue weighted by molar-refractivity contribution is 5.79. The van der Waals surface area contributed by atoms with Gasteiger partial charge in [0.1, 0.15) is 11.9 Å². The molecule has 0 aromatic rings. The number of rotatable bonds is 8. The average molecular weight is 356 g/mol. The molecule has 0 spiro atoms. The molecule has 1 heterocycles. The standard InChI is InChI=1S/C16H28N4O5/c1-9(2)20(12(22)5-3-4-6-19-15(17)18)10-8-25-11(7-21)16(24)13(10)14(16)23/h8-9,11,13-14,21,23-24H,3-7H2,1-2H3,(H4,17,18,19). The number of unbranched alkanes of at least 4 members (excludes halogenated alkanes) is 1. The summed E-state index contributed by atoms with van der Waals surface area (Å²) in [4.78, 5) is 18.1. The number of nitrogens with zero attached hydrogens (tertiary/aromatic N) is 2. The summed E-state index contributed by atoms with van der Waals surface area (Å²) in [5, 5.41) is 29.9. The van der Waals surface area contributed by atoms with Crippen LogP contribution in [-0.4, -0.2) is 69.1 Å². The number of ether oxygens (including phenoxy) is 1. The normalized spacial score (nSPS) is 30.2. The lowest BCUT2D eigenvalue weighted by Gasteiger charge is -2.34. The number of aliphatic imine (C=N–C) groups is 1. The van der Waals surface area contributed by atoms with Crippen molar-refractivity contribution >= 4 is 11.9 Å². The first-order chi connectivity index (χ1) is 11.7. The van der Waals surface area contributed by atoms with E-state index in [1.807, 2.05) is 13.8 Å². The van der Waals surface area contributed by atoms with Crippen LogP contribution in [0.1, 0.15) is 33.1 Å². The van der Waals surface area contributed by atoms with Gasteiger partial charge >= 0.3 is 0 Å². The van der Waals surface area contributed by atoms with Crippen molar-refractivity contribution in [1.29, 1.82) is 0 Å². The molecule has 1 aliphatic carbocycles. The van der Waals surface area contributed by atoms with Gasteiger partial charge in [-0.3, -0.25) is 9.79 Å². The van der Waals surface area contributed by atoms with Gasteiger partial charge in [0.05, 0.1) is 24.3 Å². The molecule has 2 aliphatic rings. The Kier molecular flexibility index (Phi) is 5.91. The van der Waals surface area contributed by atoms with Crippen LogP contribution in [0.4, 0.5) is 0 Å². The third-order valence-electron chi connectivity index (χ3n) is 4.69. The number of fused-ring (bicyclic) bond motifs is 1. The first-order valence-corrected chi connectivity index (χ1v) is 8.49. The van der Waals surface area contributed by atoms with Crippen LogP contribution in [0.2, 0.25) is 0 Å². The Labute approximate surface area is 147 Å². The quantitative estimate of drug-likeness (QED) is 0.204. The van der Waals surface area contributed by atoms with Gasteiger partial charge in [-0.1, -0.05) is 0 Å². The maximum atomic E-state index is 12.6. The van der Waals surface area contributed by atoms with Gasteiger partial charge in [-0.2, -0.15) is 0 Å². The van der Waals surface area contributed by atoms with Crippen molar-refractivity contribution in [1.82, 2.24) is 4.90 Å². The maximum absolute atomic E-state index is 12.6. The summed E-state index contributed by atoms with van der Waals surface area (Å²) < 4.78 is 5.36. The third-order valence-corrected chi connectivity index (χ3v) is 4.69. The third kappa shape index (κ3) is 3.73. The monoisotopic (exact) mass is 356 g/mol. The highest BCUT2D eigenvalue weighted by atomic mass is 16.5. The second-order valence-electron chi connectivity index (χ2n) is 6.78. The van der Waals surface area contributed by atoms with Crippen molar-refractivity contribution in [2.45, 2.75) is 57.0 Å². The number of aliphatic hydroxyl groups excluding tert-OH is 2. The molecule has 0 bridgehead atoms. The van der Waals surface area contributed by atoms with E-state index in [9.17, 15) is 20.1 Å². The Morgan fingerprint density at radius 1 is 1.44 bits per heavy atom. The number of hydrogen-bond donors (Lipinski definition) is 5. The lowest BCUT2D eigenvalue weighted by molar-refractivity contribution is -0.132. The van der Waals surface area contributed by atoms with Crippen molar-refractivity contribution in [3.63, 3.8) is 0 Å². The van der Waals surface area contributed by atoms with E-state index in [0.717, 1.165) is 0 Å². The maximum Gasteiger partial charge on any atom is 0.227 e. The number of nitrogens with two attached hydrogens (primary N) is 2. The number of hydrogen-bond acceptors (Lipinski definition) is 6. The van der Waals surface area contributed by atoms with Crippen molar-refractivity contribution in [3.05, 3.63) is 12.0 Å². The number of guanidine groups is 1. The highest BCUT2D eigenvalue weighted by Gasteiger charge is 2.73. The second kappa shape index (κ2) is 7.59. The van der Waals surface area contributed by atoms with Gasteiger partial charge in [-0.15, -0.1) is 0 Å². The fraction of sp³-hybridized carbons (Fsp3) is 0.750. The Hall–Kier alpha value is -1.84. The summed E-state index contributed by atoms with van der Waals surface area (Å²) in [6.45, 7) is 3.75. The Morgan fingerprint density at radius 2 is 2.12 bits per heavy atom. The van der Waals surface area contributed by atoms with Crippen LogP contribution in [-0.2, 0) is 9.53 Å². The zero-order chi connectivity index (χ0) is 18.8. The molecule has 0 radical (unpaired) electrons. The summed E-state index contributed by atoms with van der Waals surface area (Å²) in [5.41, 5.74) is 9.41. The Morgan fingerprint density at radius 3 is 2.68 bits per heavy atom. The molecule has 9 nitrogen and oxygen atoms in total. The van der Waals surface area contributed by atoms with Crippen molar-refractivity contribution < 1.29 is 24.9 Å². The minimum atomic E-state index is -1.54. The zero-order valence-electron chi connectivity index (χ0n) is 14.6. The topological polar surface area (TPSA) is 155 Å². The number of carbonyl (C=O) groups excluding carboxylic acids is 1. The average Bonchev–Trinajstić information content (AvgIpc) is 3.09. The summed E-state index contributed by atoms with van der Waals surface area (Å²) in [6, 6.07) is -0.164. The van der Waals surface area contributed by atoms with E-state index >= 15 is 0 Å². The minimum absolute atomic E-state index is 0.0279. The predicted octanol–water partition coefficient (Wildman–Crippen LogP) is -1.38. The molecule has 4 atom stereocenters. The number of aliphatic hydroxyl groups is 3. The van der Waals surface area contributed by atoms with Crippen molar-refractivity contribution in [2.24, 2.45) is 22.4 Å². The van der Waals surface area contributed by atoms with Gasteiger partial charge in [0.25, 0.3) is 0 Å². The molecular weight excluding hydrogens is 328 g/mol. The SMILES string of the molecule is CC(C)N(C(=O)CCCCN=C(N)N)C1=COC(CO)C2(O)C(O)C12. The minimum Gasteiger partial charge on any atom is -0.491 e. The molecule has 1 amide bonds. The highest BCUT2D eigenvalue weighted by Crippen LogP contribution is 2.55. The number of carbonyl (C=O) groups is 1. The van der Waals surface area contributed by atoms with E-state index < -0.39 is 30.3 Å². The Balaban J connectivity index is 2.02. The molecule has 9 heteroatoms. The molecule has 1 aliphatic heterocycles. The van der Waals surface area contributed by atoms with E-state index in [1.165, 1.54) is 6.26 Å². The largest absolute Gasteiger partial charge is 0.491 e. The second-order valence-corrected chi connectivity index (χ2v) is 6.78. The van der Waals surface area contributed by atoms with Gasteiger partial charge in [-0.05, 0) is 26.7 Å². The van der Waals surface area contributed by atoms with Crippen LogP contribution in [0.15, 0.2) is 17.0 Å². The van der Waals surface area contributed by atoms with Crippen LogP contribution in [0.3, 0.4) is 0 Å². The molecule has 142 valence electrons. The van der Waals surface area contributed by atoms with E-state index in [0.29, 0.717) is 31.5 Å². The smallest absolute Gasteiger partial charge is 0.227 e. The van der Waals surface area contributed by atoms with Gasteiger partial charge in [0, 0.05) is 19.0 Å². The van der Waals surface area contributed by atoms with E-state index in [2.05, 4.69) is 4.99 Å². The molecule has 0 saturated heterocycles. The zero-order valence-corrected chi connectivity index (χ0v) is 14.6. The van der Waals surface area contributed by atoms with Crippen LogP contribution < -0.4 is 11.5 Å². The first-order valence-electron chi connectivity index (χ1n) is 8.49.